The van der Waals surface area contributed by atoms with E-state index in [1.807, 2.05) is 41.2 Å². The summed E-state index contributed by atoms with van der Waals surface area (Å²) in [5.41, 5.74) is 6.30. The van der Waals surface area contributed by atoms with Gasteiger partial charge in [0, 0.05) is 37.5 Å². The highest BCUT2D eigenvalue weighted by Gasteiger charge is 2.48. The maximum Gasteiger partial charge on any atom is 0.274 e. The van der Waals surface area contributed by atoms with Crippen LogP contribution in [0.5, 0.6) is 0 Å². The number of fused-ring (bicyclic) bond motifs is 1. The molecule has 1 aliphatic heterocycles. The topological polar surface area (TPSA) is 118 Å². The summed E-state index contributed by atoms with van der Waals surface area (Å²) in [5.74, 6) is 0.218. The molecule has 2 aliphatic rings. The first-order valence-corrected chi connectivity index (χ1v) is 11.7. The van der Waals surface area contributed by atoms with Crippen LogP contribution in [0.3, 0.4) is 0 Å². The molecule has 1 aromatic carbocycles. The SMILES string of the molecule is O=C(NO)c1ccc(C2(c3nccc(-c4cnc5cc(CN6CCOCC6)ncn45)n3)CC2)cc1. The number of hydrogen-bond acceptors (Lipinski definition) is 8. The minimum absolute atomic E-state index is 0.270. The van der Waals surface area contributed by atoms with Crippen molar-refractivity contribution in [2.75, 3.05) is 26.3 Å². The molecule has 0 spiro atoms. The Morgan fingerprint density at radius 3 is 2.63 bits per heavy atom. The fourth-order valence-corrected chi connectivity index (χ4v) is 4.69. The lowest BCUT2D eigenvalue weighted by Gasteiger charge is -2.26. The van der Waals surface area contributed by atoms with Crippen molar-refractivity contribution in [2.24, 2.45) is 0 Å². The van der Waals surface area contributed by atoms with E-state index in [9.17, 15) is 4.79 Å². The number of imidazole rings is 1. The standard InChI is InChI=1S/C25H25N7O3/c33-23(30-34)17-1-3-18(4-2-17)25(6-7-25)24-26-8-5-20(29-24)21-14-27-22-13-19(28-16-32(21)22)15-31-9-11-35-12-10-31/h1-5,8,13-14,16,34H,6-7,9-12,15H2,(H,30,33). The number of carbonyl (C=O) groups is 1. The van der Waals surface area contributed by atoms with Gasteiger partial charge in [0.05, 0.1) is 41.9 Å². The molecule has 35 heavy (non-hydrogen) atoms. The molecular formula is C25H25N7O3. The van der Waals surface area contributed by atoms with Gasteiger partial charge in [-0.2, -0.15) is 0 Å². The van der Waals surface area contributed by atoms with E-state index in [0.717, 1.165) is 79.8 Å². The van der Waals surface area contributed by atoms with Crippen molar-refractivity contribution in [3.63, 3.8) is 0 Å². The van der Waals surface area contributed by atoms with Crippen molar-refractivity contribution in [1.29, 1.82) is 0 Å². The summed E-state index contributed by atoms with van der Waals surface area (Å²) in [6.07, 6.45) is 7.28. The van der Waals surface area contributed by atoms with Crippen LogP contribution in [0, 0.1) is 0 Å². The van der Waals surface area contributed by atoms with Gasteiger partial charge in [0.2, 0.25) is 0 Å². The molecule has 3 aromatic heterocycles. The number of hydrogen-bond donors (Lipinski definition) is 2. The van der Waals surface area contributed by atoms with Crippen LogP contribution in [0.15, 0.2) is 55.1 Å². The highest BCUT2D eigenvalue weighted by atomic mass is 16.5. The number of hydroxylamine groups is 1. The average molecular weight is 472 g/mol. The maximum absolute atomic E-state index is 11.7. The van der Waals surface area contributed by atoms with Crippen molar-refractivity contribution >= 4 is 11.6 Å². The van der Waals surface area contributed by atoms with E-state index >= 15 is 0 Å². The Morgan fingerprint density at radius 2 is 1.89 bits per heavy atom. The summed E-state index contributed by atoms with van der Waals surface area (Å²) < 4.78 is 7.38. The van der Waals surface area contributed by atoms with Gasteiger partial charge in [0.15, 0.2) is 0 Å². The van der Waals surface area contributed by atoms with Crippen molar-refractivity contribution in [1.82, 2.24) is 34.7 Å². The lowest BCUT2D eigenvalue weighted by atomic mass is 9.94. The second-order valence-corrected chi connectivity index (χ2v) is 9.01. The van der Waals surface area contributed by atoms with Crippen LogP contribution >= 0.6 is 0 Å². The highest BCUT2D eigenvalue weighted by Crippen LogP contribution is 2.52. The number of rotatable bonds is 6. The Hall–Kier alpha value is -3.73. The molecule has 4 aromatic rings. The van der Waals surface area contributed by atoms with E-state index in [1.54, 1.807) is 23.8 Å². The molecule has 6 rings (SSSR count). The largest absolute Gasteiger partial charge is 0.379 e. The van der Waals surface area contributed by atoms with Gasteiger partial charge in [-0.05, 0) is 36.6 Å². The molecule has 0 atom stereocenters. The molecule has 10 nitrogen and oxygen atoms in total. The minimum Gasteiger partial charge on any atom is -0.379 e. The van der Waals surface area contributed by atoms with Crippen LogP contribution < -0.4 is 5.48 Å². The van der Waals surface area contributed by atoms with E-state index in [0.29, 0.717) is 5.56 Å². The fourth-order valence-electron chi connectivity index (χ4n) is 4.69. The molecule has 1 amide bonds. The predicted octanol–water partition coefficient (Wildman–Crippen LogP) is 2.22. The summed E-state index contributed by atoms with van der Waals surface area (Å²) in [6, 6.07) is 11.1. The third kappa shape index (κ3) is 4.05. The molecule has 1 saturated heterocycles. The van der Waals surface area contributed by atoms with Crippen molar-refractivity contribution in [3.05, 3.63) is 77.8 Å². The molecule has 1 saturated carbocycles. The Bertz CT molecular complexity index is 1380. The summed E-state index contributed by atoms with van der Waals surface area (Å²) >= 11 is 0. The zero-order valence-electron chi connectivity index (χ0n) is 19.1. The molecule has 4 heterocycles. The normalized spacial score (nSPS) is 17.4. The molecule has 2 N–H and O–H groups in total. The van der Waals surface area contributed by atoms with Gasteiger partial charge in [-0.15, -0.1) is 0 Å². The summed E-state index contributed by atoms with van der Waals surface area (Å²) in [7, 11) is 0. The first kappa shape index (κ1) is 21.8. The van der Waals surface area contributed by atoms with Gasteiger partial charge in [-0.3, -0.25) is 19.3 Å². The molecule has 1 aliphatic carbocycles. The van der Waals surface area contributed by atoms with E-state index in [-0.39, 0.29) is 5.41 Å². The molecule has 10 heteroatoms. The number of nitrogens with one attached hydrogen (secondary N) is 1. The van der Waals surface area contributed by atoms with Crippen molar-refractivity contribution in [2.45, 2.75) is 24.8 Å². The average Bonchev–Trinajstić information content (AvgIpc) is 3.62. The van der Waals surface area contributed by atoms with Crippen LogP contribution in [0.4, 0.5) is 0 Å². The Morgan fingerprint density at radius 1 is 1.09 bits per heavy atom. The lowest BCUT2D eigenvalue weighted by molar-refractivity contribution is 0.0336. The predicted molar refractivity (Wildman–Crippen MR) is 126 cm³/mol. The number of carbonyl (C=O) groups excluding carboxylic acids is 1. The Balaban J connectivity index is 1.27. The summed E-state index contributed by atoms with van der Waals surface area (Å²) in [4.78, 5) is 32.8. The Kier molecular flexibility index (Phi) is 5.48. The number of morpholine rings is 1. The summed E-state index contributed by atoms with van der Waals surface area (Å²) in [6.45, 7) is 4.12. The first-order chi connectivity index (χ1) is 17.2. The third-order valence-corrected chi connectivity index (χ3v) is 6.85. The van der Waals surface area contributed by atoms with Gasteiger partial charge in [0.25, 0.3) is 5.91 Å². The van der Waals surface area contributed by atoms with E-state index < -0.39 is 5.91 Å². The van der Waals surface area contributed by atoms with Gasteiger partial charge >= 0.3 is 0 Å². The number of aromatic nitrogens is 5. The molecule has 178 valence electrons. The fraction of sp³-hybridized carbons (Fsp3) is 0.320. The van der Waals surface area contributed by atoms with Crippen molar-refractivity contribution in [3.8, 4) is 11.4 Å². The molecule has 2 fully saturated rings. The minimum atomic E-state index is -0.533. The number of amides is 1. The second-order valence-electron chi connectivity index (χ2n) is 9.01. The highest BCUT2D eigenvalue weighted by molar-refractivity contribution is 5.93. The van der Waals surface area contributed by atoms with Crippen LogP contribution in [0.25, 0.3) is 17.0 Å². The Labute approximate surface area is 201 Å². The van der Waals surface area contributed by atoms with Gasteiger partial charge in [-0.1, -0.05) is 12.1 Å². The second kappa shape index (κ2) is 8.81. The monoisotopic (exact) mass is 471 g/mol. The quantitative estimate of drug-likeness (QED) is 0.325. The van der Waals surface area contributed by atoms with Gasteiger partial charge < -0.3 is 4.74 Å². The smallest absolute Gasteiger partial charge is 0.274 e. The first-order valence-electron chi connectivity index (χ1n) is 11.7. The number of nitrogens with zero attached hydrogens (tertiary/aromatic N) is 6. The number of benzene rings is 1. The van der Waals surface area contributed by atoms with Crippen LogP contribution in [-0.4, -0.2) is 66.7 Å². The van der Waals surface area contributed by atoms with Gasteiger partial charge in [0.1, 0.15) is 17.8 Å². The van der Waals surface area contributed by atoms with E-state index in [1.165, 1.54) is 0 Å². The molecule has 0 radical (unpaired) electrons. The van der Waals surface area contributed by atoms with Crippen molar-refractivity contribution < 1.29 is 14.7 Å². The molecular weight excluding hydrogens is 446 g/mol. The van der Waals surface area contributed by atoms with E-state index in [4.69, 9.17) is 14.9 Å². The third-order valence-electron chi connectivity index (χ3n) is 6.85. The lowest BCUT2D eigenvalue weighted by Crippen LogP contribution is -2.35. The molecule has 0 bridgehead atoms. The molecule has 0 unspecified atom stereocenters. The zero-order valence-corrected chi connectivity index (χ0v) is 19.1. The number of ether oxygens (including phenoxy) is 1. The van der Waals surface area contributed by atoms with Gasteiger partial charge in [-0.25, -0.2) is 25.4 Å². The van der Waals surface area contributed by atoms with E-state index in [2.05, 4.69) is 19.9 Å². The van der Waals surface area contributed by atoms with Crippen LogP contribution in [0.1, 0.15) is 40.3 Å². The van der Waals surface area contributed by atoms with Crippen LogP contribution in [0.2, 0.25) is 0 Å². The van der Waals surface area contributed by atoms with Crippen LogP contribution in [-0.2, 0) is 16.7 Å². The summed E-state index contributed by atoms with van der Waals surface area (Å²) in [5, 5.41) is 8.86. The maximum atomic E-state index is 11.7. The zero-order chi connectivity index (χ0) is 23.8.